The lowest BCUT2D eigenvalue weighted by molar-refractivity contribution is -0.136. The van der Waals surface area contributed by atoms with Crippen molar-refractivity contribution in [2.75, 3.05) is 37.4 Å². The second kappa shape index (κ2) is 16.5. The van der Waals surface area contributed by atoms with Crippen LogP contribution in [0.3, 0.4) is 0 Å². The molecule has 17 nitrogen and oxygen atoms in total. The number of nitrogens with zero attached hydrogens (tertiary/aromatic N) is 7. The Balaban J connectivity index is 0.772. The van der Waals surface area contributed by atoms with E-state index in [1.54, 1.807) is 46.3 Å². The zero-order chi connectivity index (χ0) is 40.3. The van der Waals surface area contributed by atoms with Gasteiger partial charge in [0.1, 0.15) is 17.1 Å². The van der Waals surface area contributed by atoms with Crippen molar-refractivity contribution in [2.24, 2.45) is 0 Å². The topological polar surface area (TPSA) is 226 Å². The Labute approximate surface area is 336 Å². The highest BCUT2D eigenvalue weighted by atomic mass is 32.1. The quantitative estimate of drug-likeness (QED) is 0.0981. The smallest absolute Gasteiger partial charge is 0.264 e. The highest BCUT2D eigenvalue weighted by Gasteiger charge is 2.45. The number of aromatic nitrogens is 5. The van der Waals surface area contributed by atoms with Crippen molar-refractivity contribution in [1.29, 1.82) is 5.26 Å². The minimum atomic E-state index is -1.04. The predicted molar refractivity (Wildman–Crippen MR) is 212 cm³/mol. The number of rotatable bonds is 13. The van der Waals surface area contributed by atoms with Crippen LogP contribution in [-0.4, -0.2) is 98.1 Å². The molecule has 1 atom stereocenters. The normalized spacial score (nSPS) is 19.2. The number of carbonyl (C=O) groups excluding carboxylic acids is 5. The summed E-state index contributed by atoms with van der Waals surface area (Å²) in [5.41, 5.74) is 5.36. The average Bonchev–Trinajstić information content (AvgIpc) is 3.96. The summed E-state index contributed by atoms with van der Waals surface area (Å²) in [6.45, 7) is 0.798. The van der Waals surface area contributed by atoms with Crippen LogP contribution in [0.1, 0.15) is 82.2 Å². The summed E-state index contributed by atoms with van der Waals surface area (Å²) in [7, 11) is 1.85. The van der Waals surface area contributed by atoms with E-state index in [1.165, 1.54) is 6.20 Å². The summed E-state index contributed by atoms with van der Waals surface area (Å²) in [5, 5.41) is 36.2. The van der Waals surface area contributed by atoms with Crippen molar-refractivity contribution in [3.8, 4) is 28.0 Å². The fraction of sp³-hybridized carbons (Fsp3) is 0.350. The number of benzene rings is 1. The SMILES string of the molecule is CNc1cc(-c2ccc3cc(C#N)cnn23)ncc1-c1nnc(C2CCC(NC(=O)CCOCCNc3cccc4c3C(=O)N(C3CCC(=O)NC3=O)C4=O)CC2)s1. The Bertz CT molecular complexity index is 2480. The molecule has 58 heavy (non-hydrogen) atoms. The minimum Gasteiger partial charge on any atom is -0.387 e. The lowest BCUT2D eigenvalue weighted by atomic mass is 9.86. The molecule has 2 aliphatic heterocycles. The largest absolute Gasteiger partial charge is 0.387 e. The Morgan fingerprint density at radius 2 is 1.83 bits per heavy atom. The summed E-state index contributed by atoms with van der Waals surface area (Å²) in [5.74, 6) is -2.08. The third-order valence-corrected chi connectivity index (χ3v) is 11.8. The van der Waals surface area contributed by atoms with E-state index in [0.717, 1.165) is 68.8 Å². The van der Waals surface area contributed by atoms with Crippen LogP contribution in [0.2, 0.25) is 0 Å². The summed E-state index contributed by atoms with van der Waals surface area (Å²) in [6, 6.07) is 13.6. The van der Waals surface area contributed by atoms with Crippen molar-refractivity contribution in [2.45, 2.75) is 62.9 Å². The molecule has 5 aromatic rings. The van der Waals surface area contributed by atoms with Gasteiger partial charge >= 0.3 is 0 Å². The maximum Gasteiger partial charge on any atom is 0.264 e. The van der Waals surface area contributed by atoms with Gasteiger partial charge in [-0.15, -0.1) is 10.2 Å². The van der Waals surface area contributed by atoms with E-state index in [2.05, 4.69) is 42.6 Å². The van der Waals surface area contributed by atoms with Gasteiger partial charge in [-0.3, -0.25) is 39.2 Å². The van der Waals surface area contributed by atoms with Crippen LogP contribution in [0.5, 0.6) is 0 Å². The molecule has 1 aromatic carbocycles. The van der Waals surface area contributed by atoms with Crippen molar-refractivity contribution in [1.82, 2.24) is 40.3 Å². The molecule has 18 heteroatoms. The van der Waals surface area contributed by atoms with Gasteiger partial charge in [0.05, 0.1) is 58.6 Å². The van der Waals surface area contributed by atoms with Crippen molar-refractivity contribution in [3.05, 3.63) is 76.6 Å². The van der Waals surface area contributed by atoms with Gasteiger partial charge < -0.3 is 20.7 Å². The number of pyridine rings is 1. The molecular formula is C40H39N11O6S. The lowest BCUT2D eigenvalue weighted by Crippen LogP contribution is -2.54. The van der Waals surface area contributed by atoms with Gasteiger partial charge in [-0.25, -0.2) is 4.52 Å². The zero-order valence-electron chi connectivity index (χ0n) is 31.5. The summed E-state index contributed by atoms with van der Waals surface area (Å²) >= 11 is 1.56. The van der Waals surface area contributed by atoms with Gasteiger partial charge in [0.25, 0.3) is 11.8 Å². The minimum absolute atomic E-state index is 0.0491. The Kier molecular flexibility index (Phi) is 10.9. The molecule has 296 valence electrons. The number of imide groups is 2. The predicted octanol–water partition coefficient (Wildman–Crippen LogP) is 3.89. The van der Waals surface area contributed by atoms with Crippen LogP contribution < -0.4 is 21.3 Å². The number of nitriles is 1. The third kappa shape index (κ3) is 7.61. The molecule has 4 aromatic heterocycles. The van der Waals surface area contributed by atoms with Crippen LogP contribution in [0.4, 0.5) is 11.4 Å². The third-order valence-electron chi connectivity index (χ3n) is 10.7. The van der Waals surface area contributed by atoms with Gasteiger partial charge in [-0.05, 0) is 68.5 Å². The van der Waals surface area contributed by atoms with E-state index in [4.69, 9.17) is 9.72 Å². The van der Waals surface area contributed by atoms with Crippen LogP contribution in [0.15, 0.2) is 54.9 Å². The van der Waals surface area contributed by atoms with Gasteiger partial charge in [0.2, 0.25) is 17.7 Å². The molecular weight excluding hydrogens is 763 g/mol. The van der Waals surface area contributed by atoms with Crippen molar-refractivity contribution < 1.29 is 28.7 Å². The second-order valence-corrected chi connectivity index (χ2v) is 15.3. The van der Waals surface area contributed by atoms with Crippen LogP contribution >= 0.6 is 11.3 Å². The number of hydrogen-bond acceptors (Lipinski definition) is 14. The molecule has 2 fully saturated rings. The number of amides is 5. The number of carbonyl (C=O) groups is 5. The summed E-state index contributed by atoms with van der Waals surface area (Å²) in [6.07, 6.45) is 7.07. The lowest BCUT2D eigenvalue weighted by Gasteiger charge is -2.27. The number of piperidine rings is 1. The Hall–Kier alpha value is -6.58. The van der Waals surface area contributed by atoms with Crippen molar-refractivity contribution in [3.63, 3.8) is 0 Å². The van der Waals surface area contributed by atoms with E-state index >= 15 is 0 Å². The number of anilines is 2. The fourth-order valence-corrected chi connectivity index (χ4v) is 8.74. The molecule has 1 saturated carbocycles. The first-order valence-electron chi connectivity index (χ1n) is 19.1. The molecule has 0 bridgehead atoms. The first kappa shape index (κ1) is 38.3. The van der Waals surface area contributed by atoms with Crippen LogP contribution in [-0.2, 0) is 19.1 Å². The average molecular weight is 802 g/mol. The molecule has 3 aliphatic rings. The van der Waals surface area contributed by atoms with Gasteiger partial charge in [-0.2, -0.15) is 10.4 Å². The first-order chi connectivity index (χ1) is 28.2. The van der Waals surface area contributed by atoms with E-state index in [-0.39, 0.29) is 61.5 Å². The molecule has 0 radical (unpaired) electrons. The number of ether oxygens (including phenoxy) is 1. The number of nitrogens with one attached hydrogen (secondary N) is 4. The summed E-state index contributed by atoms with van der Waals surface area (Å²) in [4.78, 5) is 68.7. The fourth-order valence-electron chi connectivity index (χ4n) is 7.71. The molecule has 1 saturated heterocycles. The van der Waals surface area contributed by atoms with E-state index in [1.807, 2.05) is 25.2 Å². The highest BCUT2D eigenvalue weighted by molar-refractivity contribution is 7.14. The van der Waals surface area contributed by atoms with Crippen molar-refractivity contribution >= 4 is 57.8 Å². The monoisotopic (exact) mass is 801 g/mol. The van der Waals surface area contributed by atoms with E-state index in [0.29, 0.717) is 17.8 Å². The van der Waals surface area contributed by atoms with Crippen LogP contribution in [0.25, 0.3) is 27.5 Å². The molecule has 1 unspecified atom stereocenters. The molecule has 6 heterocycles. The zero-order valence-corrected chi connectivity index (χ0v) is 32.3. The van der Waals surface area contributed by atoms with Gasteiger partial charge in [-0.1, -0.05) is 17.4 Å². The Morgan fingerprint density at radius 1 is 0.983 bits per heavy atom. The second-order valence-electron chi connectivity index (χ2n) is 14.3. The maximum absolute atomic E-state index is 13.3. The Morgan fingerprint density at radius 3 is 2.62 bits per heavy atom. The van der Waals surface area contributed by atoms with E-state index in [9.17, 15) is 29.2 Å². The summed E-state index contributed by atoms with van der Waals surface area (Å²) < 4.78 is 7.46. The highest BCUT2D eigenvalue weighted by Crippen LogP contribution is 2.39. The number of fused-ring (bicyclic) bond motifs is 2. The van der Waals surface area contributed by atoms with Gasteiger partial charge in [0.15, 0.2) is 5.01 Å². The molecule has 1 aliphatic carbocycles. The molecule has 0 spiro atoms. The molecule has 8 rings (SSSR count). The number of hydrogen-bond donors (Lipinski definition) is 4. The maximum atomic E-state index is 13.3. The first-order valence-corrected chi connectivity index (χ1v) is 19.9. The molecule has 4 N–H and O–H groups in total. The standard InChI is InChI=1S/C40H39N11O6S/c1-42-29-18-30(31-10-9-25-17-22(19-41)20-45-51(25)31)44-21-27(29)38-49-48-37(58-38)23-5-7-24(8-6-23)46-34(53)13-15-57-16-14-43-28-4-2-3-26-35(28)40(56)50(39(26)55)32-11-12-33(52)47-36(32)54/h2-4,9-10,17-18,20-21,23-24,32,43H,5-8,11-16H2,1H3,(H,42,44)(H,46,53)(H,47,52,54). The van der Waals surface area contributed by atoms with E-state index < -0.39 is 29.7 Å². The van der Waals surface area contributed by atoms with Gasteiger partial charge in [0, 0.05) is 56.0 Å². The van der Waals surface area contributed by atoms with Crippen LogP contribution in [0, 0.1) is 11.3 Å². The molecule has 5 amide bonds.